The van der Waals surface area contributed by atoms with Gasteiger partial charge in [-0.1, -0.05) is 11.3 Å². The van der Waals surface area contributed by atoms with Crippen molar-refractivity contribution in [2.45, 2.75) is 12.3 Å². The van der Waals surface area contributed by atoms with Crippen LogP contribution in [0, 0.1) is 0 Å². The van der Waals surface area contributed by atoms with Crippen molar-refractivity contribution in [3.8, 4) is 0 Å². The highest BCUT2D eigenvalue weighted by molar-refractivity contribution is 7.13. The van der Waals surface area contributed by atoms with Crippen LogP contribution in [0.2, 0.25) is 0 Å². The maximum Gasteiger partial charge on any atom is 0.383 e. The maximum absolute atomic E-state index is 12.3. The fourth-order valence-corrected chi connectivity index (χ4v) is 0.947. The Balaban J connectivity index is 2.67. The number of hydrogen-bond acceptors (Lipinski definition) is 4. The van der Waals surface area contributed by atoms with Crippen LogP contribution in [-0.4, -0.2) is 28.5 Å². The van der Waals surface area contributed by atoms with Crippen LogP contribution in [0.25, 0.3) is 0 Å². The van der Waals surface area contributed by atoms with E-state index in [2.05, 4.69) is 10.2 Å². The molecule has 78 valence electrons. The van der Waals surface area contributed by atoms with E-state index in [1.165, 1.54) is 5.32 Å². The number of carbonyl (C=O) groups excluding carboxylic acids is 1. The molecule has 0 fully saturated rings. The summed E-state index contributed by atoms with van der Waals surface area (Å²) in [6, 6.07) is 0. The van der Waals surface area contributed by atoms with E-state index in [0.29, 0.717) is 0 Å². The average Bonchev–Trinajstić information content (AvgIpc) is 2.56. The number of carbonyl (C=O) groups is 1. The SMILES string of the molecule is O=C(Nc1nncs1)C(F)(F)C(F)F. The number of amides is 1. The van der Waals surface area contributed by atoms with Gasteiger partial charge in [0.25, 0.3) is 0 Å². The van der Waals surface area contributed by atoms with Crippen LogP contribution in [0.4, 0.5) is 22.7 Å². The van der Waals surface area contributed by atoms with Gasteiger partial charge in [-0.05, 0) is 0 Å². The van der Waals surface area contributed by atoms with Gasteiger partial charge in [0.15, 0.2) is 0 Å². The summed E-state index contributed by atoms with van der Waals surface area (Å²) < 4.78 is 47.9. The van der Waals surface area contributed by atoms with Crippen molar-refractivity contribution in [2.24, 2.45) is 0 Å². The van der Waals surface area contributed by atoms with Gasteiger partial charge in [0.1, 0.15) is 5.51 Å². The molecule has 1 N–H and O–H groups in total. The topological polar surface area (TPSA) is 54.9 Å². The normalized spacial score (nSPS) is 11.8. The van der Waals surface area contributed by atoms with E-state index in [-0.39, 0.29) is 5.13 Å². The van der Waals surface area contributed by atoms with Crippen molar-refractivity contribution in [1.29, 1.82) is 0 Å². The maximum atomic E-state index is 12.3. The Morgan fingerprint density at radius 2 is 2.21 bits per heavy atom. The molecule has 0 atom stereocenters. The summed E-state index contributed by atoms with van der Waals surface area (Å²) in [7, 11) is 0. The van der Waals surface area contributed by atoms with Crippen molar-refractivity contribution in [3.63, 3.8) is 0 Å². The first-order chi connectivity index (χ1) is 6.44. The van der Waals surface area contributed by atoms with E-state index in [1.807, 2.05) is 0 Å². The van der Waals surface area contributed by atoms with Gasteiger partial charge in [-0.25, -0.2) is 8.78 Å². The summed E-state index contributed by atoms with van der Waals surface area (Å²) in [5, 5.41) is 7.68. The molecule has 1 aromatic heterocycles. The lowest BCUT2D eigenvalue weighted by molar-refractivity contribution is -0.163. The first kappa shape index (κ1) is 10.8. The third kappa shape index (κ3) is 2.16. The number of nitrogens with one attached hydrogen (secondary N) is 1. The largest absolute Gasteiger partial charge is 0.383 e. The van der Waals surface area contributed by atoms with Crippen LogP contribution in [0.15, 0.2) is 5.51 Å². The molecule has 0 aromatic carbocycles. The van der Waals surface area contributed by atoms with Crippen LogP contribution < -0.4 is 5.32 Å². The third-order valence-corrected chi connectivity index (χ3v) is 1.76. The summed E-state index contributed by atoms with van der Waals surface area (Å²) in [6.45, 7) is 0. The Hall–Kier alpha value is -1.25. The second-order valence-electron chi connectivity index (χ2n) is 2.12. The quantitative estimate of drug-likeness (QED) is 0.796. The minimum absolute atomic E-state index is 0.254. The second kappa shape index (κ2) is 3.86. The summed E-state index contributed by atoms with van der Waals surface area (Å²) in [6.07, 6.45) is -4.05. The number of rotatable bonds is 3. The molecule has 0 saturated carbocycles. The predicted octanol–water partition coefficient (Wildman–Crippen LogP) is 1.38. The number of alkyl halides is 4. The molecule has 4 nitrogen and oxygen atoms in total. The molecule has 0 spiro atoms. The van der Waals surface area contributed by atoms with Gasteiger partial charge in [0.05, 0.1) is 0 Å². The third-order valence-electron chi connectivity index (χ3n) is 1.16. The summed E-state index contributed by atoms with van der Waals surface area (Å²) >= 11 is 0.747. The first-order valence-electron chi connectivity index (χ1n) is 3.18. The molecule has 0 saturated heterocycles. The van der Waals surface area contributed by atoms with Gasteiger partial charge in [-0.3, -0.25) is 10.1 Å². The number of nitrogens with zero attached hydrogens (tertiary/aromatic N) is 2. The Bertz CT molecular complexity index is 315. The Morgan fingerprint density at radius 1 is 1.57 bits per heavy atom. The van der Waals surface area contributed by atoms with Gasteiger partial charge in [-0.2, -0.15) is 8.78 Å². The lowest BCUT2D eigenvalue weighted by Gasteiger charge is -2.12. The fourth-order valence-electron chi connectivity index (χ4n) is 0.507. The lowest BCUT2D eigenvalue weighted by Crippen LogP contribution is -2.40. The molecular weight excluding hydrogens is 226 g/mol. The molecule has 1 heterocycles. The molecule has 0 aliphatic heterocycles. The summed E-state index contributed by atoms with van der Waals surface area (Å²) in [5.41, 5.74) is 1.16. The lowest BCUT2D eigenvalue weighted by atomic mass is 10.3. The van der Waals surface area contributed by atoms with Crippen LogP contribution in [-0.2, 0) is 4.79 Å². The van der Waals surface area contributed by atoms with E-state index < -0.39 is 18.3 Å². The van der Waals surface area contributed by atoms with Gasteiger partial charge < -0.3 is 0 Å². The number of hydrogen-bond donors (Lipinski definition) is 1. The highest BCUT2D eigenvalue weighted by atomic mass is 32.1. The Morgan fingerprint density at radius 3 is 2.64 bits per heavy atom. The molecule has 0 aliphatic rings. The van der Waals surface area contributed by atoms with E-state index in [4.69, 9.17) is 0 Å². The molecule has 0 unspecified atom stereocenters. The van der Waals surface area contributed by atoms with Crippen LogP contribution in [0.1, 0.15) is 0 Å². The Labute approximate surface area is 78.9 Å². The van der Waals surface area contributed by atoms with Crippen molar-refractivity contribution in [2.75, 3.05) is 5.32 Å². The highest BCUT2D eigenvalue weighted by Crippen LogP contribution is 2.24. The van der Waals surface area contributed by atoms with E-state index in [1.54, 1.807) is 0 Å². The Kier molecular flexibility index (Phi) is 2.99. The minimum atomic E-state index is -4.72. The van der Waals surface area contributed by atoms with Gasteiger partial charge in [-0.15, -0.1) is 10.2 Å². The zero-order valence-corrected chi connectivity index (χ0v) is 7.19. The van der Waals surface area contributed by atoms with E-state index >= 15 is 0 Å². The van der Waals surface area contributed by atoms with Crippen LogP contribution >= 0.6 is 11.3 Å². The summed E-state index contributed by atoms with van der Waals surface area (Å²) in [5.74, 6) is -6.81. The number of halogens is 4. The smallest absolute Gasteiger partial charge is 0.295 e. The molecule has 9 heteroatoms. The molecular formula is C5H3F4N3OS. The zero-order chi connectivity index (χ0) is 10.8. The monoisotopic (exact) mass is 229 g/mol. The molecule has 0 aliphatic carbocycles. The number of aromatic nitrogens is 2. The van der Waals surface area contributed by atoms with Crippen LogP contribution in [0.3, 0.4) is 0 Å². The summed E-state index contributed by atoms with van der Waals surface area (Å²) in [4.78, 5) is 10.6. The van der Waals surface area contributed by atoms with Gasteiger partial charge >= 0.3 is 18.3 Å². The second-order valence-corrected chi connectivity index (χ2v) is 2.95. The zero-order valence-electron chi connectivity index (χ0n) is 6.38. The fraction of sp³-hybridized carbons (Fsp3) is 0.400. The minimum Gasteiger partial charge on any atom is -0.295 e. The van der Waals surface area contributed by atoms with Crippen molar-refractivity contribution in [3.05, 3.63) is 5.51 Å². The molecule has 14 heavy (non-hydrogen) atoms. The molecule has 0 radical (unpaired) electrons. The molecule has 0 bridgehead atoms. The van der Waals surface area contributed by atoms with Crippen molar-refractivity contribution in [1.82, 2.24) is 10.2 Å². The van der Waals surface area contributed by atoms with Crippen molar-refractivity contribution >= 4 is 22.4 Å². The molecule has 1 amide bonds. The molecule has 1 aromatic rings. The highest BCUT2D eigenvalue weighted by Gasteiger charge is 2.49. The van der Waals surface area contributed by atoms with Gasteiger partial charge in [0, 0.05) is 0 Å². The van der Waals surface area contributed by atoms with E-state index in [9.17, 15) is 22.4 Å². The molecule has 1 rings (SSSR count). The number of anilines is 1. The van der Waals surface area contributed by atoms with E-state index in [0.717, 1.165) is 16.8 Å². The average molecular weight is 229 g/mol. The standard InChI is InChI=1S/C5H3F4N3OS/c6-2(7)5(8,9)3(13)11-4-12-10-1-14-4/h1-2H,(H,11,12,13). The first-order valence-corrected chi connectivity index (χ1v) is 4.06. The predicted molar refractivity (Wildman–Crippen MR) is 39.5 cm³/mol. The van der Waals surface area contributed by atoms with Crippen molar-refractivity contribution < 1.29 is 22.4 Å². The van der Waals surface area contributed by atoms with Crippen LogP contribution in [0.5, 0.6) is 0 Å². The van der Waals surface area contributed by atoms with Gasteiger partial charge in [0.2, 0.25) is 5.13 Å².